The summed E-state index contributed by atoms with van der Waals surface area (Å²) in [6.07, 6.45) is 4.57. The summed E-state index contributed by atoms with van der Waals surface area (Å²) in [5, 5.41) is 0.600. The van der Waals surface area contributed by atoms with Gasteiger partial charge in [0.2, 0.25) is 0 Å². The van der Waals surface area contributed by atoms with Crippen LogP contribution in [-0.4, -0.2) is 68.4 Å². The third kappa shape index (κ3) is 3.69. The van der Waals surface area contributed by atoms with Crippen LogP contribution in [0, 0.1) is 0 Å². The third-order valence-electron chi connectivity index (χ3n) is 6.49. The van der Waals surface area contributed by atoms with Crippen LogP contribution in [0.2, 0.25) is 5.02 Å². The molecule has 4 atom stereocenters. The predicted octanol–water partition coefficient (Wildman–Crippen LogP) is 4.13. The van der Waals surface area contributed by atoms with Crippen LogP contribution in [-0.2, 0) is 19.2 Å². The van der Waals surface area contributed by atoms with Crippen molar-refractivity contribution in [2.24, 2.45) is 0 Å². The molecule has 2 aliphatic heterocycles. The van der Waals surface area contributed by atoms with Crippen LogP contribution >= 0.6 is 11.6 Å². The van der Waals surface area contributed by atoms with Crippen molar-refractivity contribution in [3.05, 3.63) is 41.9 Å². The molecule has 0 aromatic heterocycles. The van der Waals surface area contributed by atoms with Crippen LogP contribution in [0.25, 0.3) is 0 Å². The predicted molar refractivity (Wildman–Crippen MR) is 124 cm³/mol. The average Bonchev–Trinajstić information content (AvgIpc) is 3.47. The fourth-order valence-corrected chi connectivity index (χ4v) is 8.65. The molecule has 0 radical (unpaired) electrons. The van der Waals surface area contributed by atoms with E-state index in [1.54, 1.807) is 17.0 Å². The zero-order chi connectivity index (χ0) is 22.2. The second-order valence-electron chi connectivity index (χ2n) is 8.31. The first-order valence-electron chi connectivity index (χ1n) is 11.0. The van der Waals surface area contributed by atoms with E-state index in [1.807, 2.05) is 18.2 Å². The number of nitrogens with zero attached hydrogens (tertiary/aromatic N) is 2. The Morgan fingerprint density at radius 2 is 2.03 bits per heavy atom. The lowest BCUT2D eigenvalue weighted by atomic mass is 10.0. The molecule has 3 aliphatic rings. The molecule has 6 nitrogen and oxygen atoms in total. The minimum Gasteiger partial charge on any atom is -0.435 e. The highest BCUT2D eigenvalue weighted by molar-refractivity contribution is 8.01. The lowest BCUT2D eigenvalue weighted by Gasteiger charge is -2.38. The Morgan fingerprint density at radius 3 is 2.61 bits per heavy atom. The van der Waals surface area contributed by atoms with Gasteiger partial charge in [-0.2, -0.15) is 0 Å². The molecule has 1 saturated heterocycles. The highest BCUT2D eigenvalue weighted by atomic mass is 35.5. The van der Waals surface area contributed by atoms with Crippen molar-refractivity contribution in [3.8, 4) is 0 Å². The summed E-state index contributed by atoms with van der Waals surface area (Å²) in [4.78, 5) is 16.2. The van der Waals surface area contributed by atoms with E-state index in [0.29, 0.717) is 37.7 Å². The quantitative estimate of drug-likeness (QED) is 0.447. The van der Waals surface area contributed by atoms with Crippen molar-refractivity contribution >= 4 is 32.3 Å². The molecule has 2 heterocycles. The molecule has 1 amide bonds. The molecule has 1 saturated carbocycles. The Hall–Kier alpha value is -1.54. The van der Waals surface area contributed by atoms with Gasteiger partial charge in [-0.25, -0.2) is 13.3 Å². The minimum absolute atomic E-state index is 0.0719. The molecule has 2 unspecified atom stereocenters. The fourth-order valence-electron chi connectivity index (χ4n) is 4.93. The van der Waals surface area contributed by atoms with Crippen LogP contribution in [0.5, 0.6) is 0 Å². The van der Waals surface area contributed by atoms with Gasteiger partial charge in [0.15, 0.2) is 5.60 Å². The second kappa shape index (κ2) is 8.77. The molecule has 1 aromatic rings. The largest absolute Gasteiger partial charge is 0.435 e. The van der Waals surface area contributed by atoms with Crippen molar-refractivity contribution in [1.29, 1.82) is 0 Å². The standard InChI is InChI=1S/C23H31ClN2O4S/c1-4-7-18(5-2)26-20(6-3)23(30-22(27)25-12-14-29-15-13-25)16-21(23)31(26,28)19-10-8-17(24)9-11-19/h5,8-11,18,20H,2,4,6-7,12-16H2,1,3H3/t18-,20+,23?,31?/m0/s1. The summed E-state index contributed by atoms with van der Waals surface area (Å²) in [6.45, 7) is 10.3. The van der Waals surface area contributed by atoms with E-state index in [1.165, 1.54) is 0 Å². The van der Waals surface area contributed by atoms with Gasteiger partial charge < -0.3 is 14.4 Å². The molecule has 0 spiro atoms. The normalized spacial score (nSPS) is 31.3. The number of amides is 1. The Balaban J connectivity index is 1.78. The van der Waals surface area contributed by atoms with E-state index >= 15 is 0 Å². The van der Waals surface area contributed by atoms with Gasteiger partial charge in [-0.3, -0.25) is 0 Å². The minimum atomic E-state index is -2.72. The van der Waals surface area contributed by atoms with Gasteiger partial charge >= 0.3 is 6.09 Å². The lowest BCUT2D eigenvalue weighted by molar-refractivity contribution is -0.00459. The lowest BCUT2D eigenvalue weighted by Crippen LogP contribution is -2.51. The molecular weight excluding hydrogens is 436 g/mol. The molecule has 31 heavy (non-hydrogen) atoms. The van der Waals surface area contributed by atoms with Crippen molar-refractivity contribution in [2.45, 2.75) is 62.1 Å². The summed E-state index contributed by atoms with van der Waals surface area (Å²) in [6, 6.07) is 6.98. The highest BCUT2D eigenvalue weighted by Gasteiger charge is 2.70. The molecule has 1 aromatic carbocycles. The topological polar surface area (TPSA) is 59.1 Å². The fraction of sp³-hybridized carbons (Fsp3) is 0.565. The van der Waals surface area contributed by atoms with Crippen molar-refractivity contribution in [3.63, 3.8) is 0 Å². The van der Waals surface area contributed by atoms with Crippen molar-refractivity contribution < 1.29 is 18.5 Å². The Morgan fingerprint density at radius 1 is 1.35 bits per heavy atom. The summed E-state index contributed by atoms with van der Waals surface area (Å²) in [5.74, 6) is 0. The van der Waals surface area contributed by atoms with E-state index in [0.717, 1.165) is 29.0 Å². The second-order valence-corrected chi connectivity index (χ2v) is 11.2. The smallest absolute Gasteiger partial charge is 0.410 e. The molecule has 0 bridgehead atoms. The van der Waals surface area contributed by atoms with Gasteiger partial charge in [0.05, 0.1) is 33.8 Å². The van der Waals surface area contributed by atoms with E-state index in [-0.39, 0.29) is 18.2 Å². The first-order chi connectivity index (χ1) is 14.9. The zero-order valence-electron chi connectivity index (χ0n) is 18.2. The van der Waals surface area contributed by atoms with Crippen LogP contribution in [0.15, 0.2) is 41.8 Å². The molecule has 170 valence electrons. The summed E-state index contributed by atoms with van der Waals surface area (Å²) >= 11 is 6.11. The van der Waals surface area contributed by atoms with Crippen LogP contribution in [0.1, 0.15) is 39.5 Å². The number of rotatable bonds is 7. The van der Waals surface area contributed by atoms with Gasteiger partial charge in [-0.05, 0) is 37.1 Å². The monoisotopic (exact) mass is 466 g/mol. The summed E-state index contributed by atoms with van der Waals surface area (Å²) in [7, 11) is -2.72. The maximum atomic E-state index is 14.8. The number of hydrogen-bond acceptors (Lipinski definition) is 4. The van der Waals surface area contributed by atoms with E-state index < -0.39 is 15.3 Å². The van der Waals surface area contributed by atoms with Crippen molar-refractivity contribution in [1.82, 2.24) is 9.21 Å². The summed E-state index contributed by atoms with van der Waals surface area (Å²) < 4.78 is 28.4. The maximum Gasteiger partial charge on any atom is 0.410 e. The highest BCUT2D eigenvalue weighted by Crippen LogP contribution is 2.54. The Labute approximate surface area is 190 Å². The van der Waals surface area contributed by atoms with Gasteiger partial charge in [-0.1, -0.05) is 37.9 Å². The number of benzene rings is 1. The molecule has 1 aliphatic carbocycles. The van der Waals surface area contributed by atoms with Gasteiger partial charge in [0, 0.05) is 35.5 Å². The van der Waals surface area contributed by atoms with E-state index in [2.05, 4.69) is 24.7 Å². The SMILES string of the molecule is C=C[C@@H](CCC)N1[C@H](CC)C2(OC(=O)N3CCOCC3)CC2=S1(=O)c1ccc(Cl)cc1. The van der Waals surface area contributed by atoms with Crippen molar-refractivity contribution in [2.75, 3.05) is 26.3 Å². The van der Waals surface area contributed by atoms with Crippen LogP contribution in [0.4, 0.5) is 4.79 Å². The molecule has 0 N–H and O–H groups in total. The van der Waals surface area contributed by atoms with Crippen LogP contribution in [0.3, 0.4) is 0 Å². The number of ether oxygens (including phenoxy) is 2. The zero-order valence-corrected chi connectivity index (χ0v) is 19.8. The number of carbonyl (C=O) groups excluding carboxylic acids is 1. The Kier molecular flexibility index (Phi) is 6.41. The van der Waals surface area contributed by atoms with Gasteiger partial charge in [0.1, 0.15) is 0 Å². The number of morpholine rings is 1. The molecular formula is C23H31ClN2O4S. The number of hydrogen-bond donors (Lipinski definition) is 0. The average molecular weight is 467 g/mol. The number of fused-ring (bicyclic) bond motifs is 1. The van der Waals surface area contributed by atoms with E-state index in [9.17, 15) is 9.00 Å². The first-order valence-corrected chi connectivity index (χ1v) is 12.9. The Bertz CT molecular complexity index is 966. The summed E-state index contributed by atoms with van der Waals surface area (Å²) in [5.41, 5.74) is -0.810. The molecule has 4 rings (SSSR count). The molecule has 8 heteroatoms. The number of halogens is 1. The number of carbonyl (C=O) groups is 1. The third-order valence-corrected chi connectivity index (χ3v) is 9.93. The van der Waals surface area contributed by atoms with Gasteiger partial charge in [-0.15, -0.1) is 6.58 Å². The van der Waals surface area contributed by atoms with Gasteiger partial charge in [0.25, 0.3) is 0 Å². The van der Waals surface area contributed by atoms with Crippen LogP contribution < -0.4 is 0 Å². The maximum absolute atomic E-state index is 14.8. The first kappa shape index (κ1) is 22.6. The molecule has 2 fully saturated rings. The van der Waals surface area contributed by atoms with E-state index in [4.69, 9.17) is 21.1 Å².